The van der Waals surface area contributed by atoms with Crippen molar-refractivity contribution in [1.29, 1.82) is 0 Å². The first-order chi connectivity index (χ1) is 11.7. The van der Waals surface area contributed by atoms with Crippen molar-refractivity contribution in [3.05, 3.63) is 42.0 Å². The Bertz CT molecular complexity index is 724. The van der Waals surface area contributed by atoms with Crippen LogP contribution in [0, 0.1) is 23.7 Å². The highest BCUT2D eigenvalue weighted by Crippen LogP contribution is 2.65. The van der Waals surface area contributed by atoms with Crippen LogP contribution in [0.4, 0.5) is 0 Å². The van der Waals surface area contributed by atoms with Gasteiger partial charge in [-0.15, -0.1) is 6.58 Å². The van der Waals surface area contributed by atoms with Crippen LogP contribution < -0.4 is 4.74 Å². The van der Waals surface area contributed by atoms with Crippen molar-refractivity contribution in [3.8, 4) is 5.75 Å². The summed E-state index contributed by atoms with van der Waals surface area (Å²) in [6.45, 7) is 4.03. The van der Waals surface area contributed by atoms with Gasteiger partial charge < -0.3 is 9.47 Å². The Kier molecular flexibility index (Phi) is 2.96. The van der Waals surface area contributed by atoms with E-state index in [-0.39, 0.29) is 17.5 Å². The van der Waals surface area contributed by atoms with Gasteiger partial charge in [-0.2, -0.15) is 0 Å². The lowest BCUT2D eigenvalue weighted by Gasteiger charge is -2.47. The molecule has 1 saturated heterocycles. The fraction of sp³-hybridized carbons (Fsp3) is 0.571. The van der Waals surface area contributed by atoms with Gasteiger partial charge >= 0.3 is 5.97 Å². The minimum Gasteiger partial charge on any atom is -0.497 e. The highest BCUT2D eigenvalue weighted by atomic mass is 16.6. The Balaban J connectivity index is 1.64. The van der Waals surface area contributed by atoms with Crippen LogP contribution in [0.25, 0.3) is 0 Å². The smallest absolute Gasteiger partial charge is 0.310 e. The Morgan fingerprint density at radius 1 is 1.33 bits per heavy atom. The van der Waals surface area contributed by atoms with Crippen LogP contribution in [-0.4, -0.2) is 18.7 Å². The van der Waals surface area contributed by atoms with Crippen molar-refractivity contribution in [3.63, 3.8) is 0 Å². The molecule has 24 heavy (non-hydrogen) atoms. The van der Waals surface area contributed by atoms with Crippen LogP contribution in [-0.2, 0) is 16.0 Å². The third kappa shape index (κ3) is 1.66. The summed E-state index contributed by atoms with van der Waals surface area (Å²) >= 11 is 0. The van der Waals surface area contributed by atoms with E-state index in [1.54, 1.807) is 7.11 Å². The first kappa shape index (κ1) is 14.6. The highest BCUT2D eigenvalue weighted by molar-refractivity contribution is 5.78. The maximum atomic E-state index is 12.8. The van der Waals surface area contributed by atoms with E-state index >= 15 is 0 Å². The predicted octanol–water partition coefficient (Wildman–Crippen LogP) is 3.87. The summed E-state index contributed by atoms with van der Waals surface area (Å²) < 4.78 is 11.6. The Morgan fingerprint density at radius 3 is 3.00 bits per heavy atom. The molecule has 0 aromatic heterocycles. The van der Waals surface area contributed by atoms with Gasteiger partial charge in [0.2, 0.25) is 0 Å². The molecule has 0 radical (unpaired) electrons. The Morgan fingerprint density at radius 2 is 2.21 bits per heavy atom. The van der Waals surface area contributed by atoms with Gasteiger partial charge in [-0.3, -0.25) is 4.79 Å². The first-order valence-corrected chi connectivity index (χ1v) is 9.20. The number of benzene rings is 1. The first-order valence-electron chi connectivity index (χ1n) is 9.20. The number of carbonyl (C=O) groups excluding carboxylic acids is 1. The van der Waals surface area contributed by atoms with Gasteiger partial charge in [0.25, 0.3) is 0 Å². The molecule has 1 aromatic carbocycles. The van der Waals surface area contributed by atoms with Crippen LogP contribution in [0.5, 0.6) is 5.75 Å². The second-order valence-corrected chi connectivity index (χ2v) is 8.01. The number of aryl methyl sites for hydroxylation is 1. The van der Waals surface area contributed by atoms with Crippen molar-refractivity contribution in [1.82, 2.24) is 0 Å². The molecule has 0 N–H and O–H groups in total. The molecular weight excluding hydrogens is 300 g/mol. The lowest BCUT2D eigenvalue weighted by Crippen LogP contribution is -2.48. The summed E-state index contributed by atoms with van der Waals surface area (Å²) in [5.41, 5.74) is 2.48. The van der Waals surface area contributed by atoms with E-state index in [0.29, 0.717) is 23.7 Å². The molecule has 3 aliphatic carbocycles. The molecule has 2 saturated carbocycles. The van der Waals surface area contributed by atoms with E-state index in [2.05, 4.69) is 18.7 Å². The number of methoxy groups -OCH3 is 1. The molecule has 4 aliphatic rings. The zero-order chi connectivity index (χ0) is 16.5. The Labute approximate surface area is 143 Å². The van der Waals surface area contributed by atoms with Gasteiger partial charge in [0.05, 0.1) is 13.0 Å². The SMILES string of the molecule is C=C[C@@H]1CC[C@H]2[C@@H]3CCc4ccc(OC)cc4[C@H]3[C@@H]3C[C@]12OC3=O. The van der Waals surface area contributed by atoms with E-state index < -0.39 is 0 Å². The monoisotopic (exact) mass is 324 g/mol. The summed E-state index contributed by atoms with van der Waals surface area (Å²) in [7, 11) is 1.71. The second kappa shape index (κ2) is 4.87. The fourth-order valence-electron chi connectivity index (χ4n) is 6.41. The van der Waals surface area contributed by atoms with Gasteiger partial charge in [-0.05, 0) is 54.9 Å². The second-order valence-electron chi connectivity index (χ2n) is 8.01. The zero-order valence-corrected chi connectivity index (χ0v) is 14.2. The average molecular weight is 324 g/mol. The largest absolute Gasteiger partial charge is 0.497 e. The number of fused-ring (bicyclic) bond motifs is 6. The van der Waals surface area contributed by atoms with Crippen molar-refractivity contribution in [2.24, 2.45) is 23.7 Å². The molecule has 6 atom stereocenters. The number of rotatable bonds is 2. The standard InChI is InChI=1S/C21H24O3/c1-3-13-6-9-18-15-8-5-12-4-7-14(23-2)10-16(12)19(15)17-11-21(13,18)24-20(17)22/h3-4,7,10,13,15,17-19H,1,5-6,8-9,11H2,2H3/t13-,15+,17+,18+,19+,21+/m1/s1. The summed E-state index contributed by atoms with van der Waals surface area (Å²) in [6, 6.07) is 6.40. The number of ether oxygens (including phenoxy) is 2. The van der Waals surface area contributed by atoms with Crippen LogP contribution >= 0.6 is 0 Å². The summed E-state index contributed by atoms with van der Waals surface area (Å²) in [6.07, 6.45) is 7.47. The van der Waals surface area contributed by atoms with Gasteiger partial charge in [0.15, 0.2) is 0 Å². The minimum atomic E-state index is -0.249. The van der Waals surface area contributed by atoms with Crippen LogP contribution in [0.2, 0.25) is 0 Å². The lowest BCUT2D eigenvalue weighted by molar-refractivity contribution is -0.154. The number of hydrogen-bond acceptors (Lipinski definition) is 3. The molecule has 0 amide bonds. The highest BCUT2D eigenvalue weighted by Gasteiger charge is 2.67. The van der Waals surface area contributed by atoms with Crippen molar-refractivity contribution in [2.45, 2.75) is 43.6 Å². The molecule has 3 heteroatoms. The average Bonchev–Trinajstić information content (AvgIpc) is 3.12. The van der Waals surface area contributed by atoms with Gasteiger partial charge in [-0.25, -0.2) is 0 Å². The van der Waals surface area contributed by atoms with Crippen molar-refractivity contribution < 1.29 is 14.3 Å². The molecule has 0 unspecified atom stereocenters. The van der Waals surface area contributed by atoms with Crippen LogP contribution in [0.1, 0.15) is 42.7 Å². The molecule has 126 valence electrons. The van der Waals surface area contributed by atoms with Gasteiger partial charge in [0.1, 0.15) is 11.4 Å². The molecule has 5 rings (SSSR count). The molecule has 1 heterocycles. The summed E-state index contributed by atoms with van der Waals surface area (Å²) in [5.74, 6) is 2.62. The van der Waals surface area contributed by atoms with Crippen LogP contribution in [0.15, 0.2) is 30.9 Å². The van der Waals surface area contributed by atoms with Crippen LogP contribution in [0.3, 0.4) is 0 Å². The normalized spacial score (nSPS) is 41.9. The lowest BCUT2D eigenvalue weighted by atomic mass is 9.56. The minimum absolute atomic E-state index is 0.0120. The maximum absolute atomic E-state index is 12.8. The molecule has 1 aromatic rings. The fourth-order valence-corrected chi connectivity index (χ4v) is 6.41. The molecule has 2 bridgehead atoms. The predicted molar refractivity (Wildman–Crippen MR) is 90.9 cm³/mol. The third-order valence-corrected chi connectivity index (χ3v) is 7.33. The van der Waals surface area contributed by atoms with E-state index in [1.807, 2.05) is 12.1 Å². The third-order valence-electron chi connectivity index (χ3n) is 7.33. The van der Waals surface area contributed by atoms with E-state index in [4.69, 9.17) is 9.47 Å². The molecular formula is C21H24O3. The molecule has 1 aliphatic heterocycles. The molecule has 1 spiro atoms. The van der Waals surface area contributed by atoms with Gasteiger partial charge in [-0.1, -0.05) is 12.1 Å². The van der Waals surface area contributed by atoms with E-state index in [0.717, 1.165) is 31.4 Å². The van der Waals surface area contributed by atoms with E-state index in [1.165, 1.54) is 17.5 Å². The maximum Gasteiger partial charge on any atom is 0.310 e. The summed E-state index contributed by atoms with van der Waals surface area (Å²) in [4.78, 5) is 12.8. The Hall–Kier alpha value is -1.77. The zero-order valence-electron chi connectivity index (χ0n) is 14.2. The molecule has 3 nitrogen and oxygen atoms in total. The van der Waals surface area contributed by atoms with E-state index in [9.17, 15) is 4.79 Å². The number of carbonyl (C=O) groups is 1. The quantitative estimate of drug-likeness (QED) is 0.612. The molecule has 3 fully saturated rings. The topological polar surface area (TPSA) is 35.5 Å². The number of hydrogen-bond donors (Lipinski definition) is 0. The summed E-state index contributed by atoms with van der Waals surface area (Å²) in [5, 5.41) is 0. The van der Waals surface area contributed by atoms with Crippen molar-refractivity contribution in [2.75, 3.05) is 7.11 Å². The number of esters is 1. The van der Waals surface area contributed by atoms with Gasteiger partial charge in [0, 0.05) is 24.2 Å². The van der Waals surface area contributed by atoms with Crippen molar-refractivity contribution >= 4 is 5.97 Å².